The first-order valence-electron chi connectivity index (χ1n) is 5.13. The molecule has 1 amide bonds. The molecule has 2 N–H and O–H groups in total. The fraction of sp³-hybridized carbons (Fsp3) is 0.600. The van der Waals surface area contributed by atoms with Crippen molar-refractivity contribution < 1.29 is 9.21 Å². The highest BCUT2D eigenvalue weighted by Crippen LogP contribution is 2.08. The zero-order chi connectivity index (χ0) is 10.7. The van der Waals surface area contributed by atoms with Crippen LogP contribution in [-0.2, 0) is 11.3 Å². The number of nitrogens with zero attached hydrogens (tertiary/aromatic N) is 1. The Labute approximate surface area is 88.3 Å². The van der Waals surface area contributed by atoms with Gasteiger partial charge in [0.1, 0.15) is 5.76 Å². The van der Waals surface area contributed by atoms with Crippen molar-refractivity contribution in [1.29, 1.82) is 0 Å². The van der Waals surface area contributed by atoms with E-state index in [4.69, 9.17) is 4.42 Å². The minimum atomic E-state index is 0.0670. The van der Waals surface area contributed by atoms with E-state index >= 15 is 0 Å². The summed E-state index contributed by atoms with van der Waals surface area (Å²) in [7, 11) is 0. The van der Waals surface area contributed by atoms with Crippen molar-refractivity contribution in [3.05, 3.63) is 17.8 Å². The second kappa shape index (κ2) is 4.44. The van der Waals surface area contributed by atoms with Crippen molar-refractivity contribution in [2.45, 2.75) is 19.9 Å². The van der Waals surface area contributed by atoms with Crippen LogP contribution >= 0.6 is 0 Å². The highest BCUT2D eigenvalue weighted by Gasteiger charge is 2.19. The van der Waals surface area contributed by atoms with Crippen LogP contribution in [0.15, 0.2) is 10.6 Å². The Hall–Kier alpha value is -1.36. The molecular weight excluding hydrogens is 194 g/mol. The van der Waals surface area contributed by atoms with Crippen molar-refractivity contribution >= 4 is 5.91 Å². The standard InChI is InChI=1S/C10H15N3O2/c1-7-3-13-10(15-7)6-12-9(14)2-8-4-11-5-8/h3,8,11H,2,4-6H2,1H3,(H,12,14). The molecule has 0 aromatic carbocycles. The lowest BCUT2D eigenvalue weighted by Crippen LogP contribution is -2.44. The van der Waals surface area contributed by atoms with Crippen LogP contribution < -0.4 is 10.6 Å². The molecule has 0 saturated carbocycles. The largest absolute Gasteiger partial charge is 0.444 e. The highest BCUT2D eigenvalue weighted by molar-refractivity contribution is 5.76. The van der Waals surface area contributed by atoms with Gasteiger partial charge in [-0.1, -0.05) is 0 Å². The SMILES string of the molecule is Cc1cnc(CNC(=O)CC2CNC2)o1. The predicted molar refractivity (Wildman–Crippen MR) is 54.1 cm³/mol. The Morgan fingerprint density at radius 3 is 3.07 bits per heavy atom. The molecule has 5 heteroatoms. The fourth-order valence-electron chi connectivity index (χ4n) is 1.48. The van der Waals surface area contributed by atoms with E-state index in [1.165, 1.54) is 0 Å². The monoisotopic (exact) mass is 209 g/mol. The molecule has 0 spiro atoms. The molecule has 15 heavy (non-hydrogen) atoms. The first-order chi connectivity index (χ1) is 7.24. The molecule has 82 valence electrons. The van der Waals surface area contributed by atoms with E-state index in [-0.39, 0.29) is 5.91 Å². The van der Waals surface area contributed by atoms with Crippen LogP contribution in [0, 0.1) is 12.8 Å². The van der Waals surface area contributed by atoms with Gasteiger partial charge in [0.15, 0.2) is 0 Å². The van der Waals surface area contributed by atoms with Crippen molar-refractivity contribution in [3.8, 4) is 0 Å². The van der Waals surface area contributed by atoms with E-state index in [9.17, 15) is 4.79 Å². The van der Waals surface area contributed by atoms with Crippen molar-refractivity contribution in [3.63, 3.8) is 0 Å². The zero-order valence-corrected chi connectivity index (χ0v) is 8.75. The van der Waals surface area contributed by atoms with Gasteiger partial charge in [-0.05, 0) is 25.9 Å². The number of hydrogen-bond donors (Lipinski definition) is 2. The molecule has 2 heterocycles. The minimum absolute atomic E-state index is 0.0670. The number of aryl methyl sites for hydroxylation is 1. The maximum atomic E-state index is 11.4. The van der Waals surface area contributed by atoms with Crippen LogP contribution in [0.1, 0.15) is 18.1 Å². The van der Waals surface area contributed by atoms with Crippen LogP contribution in [0.4, 0.5) is 0 Å². The average Bonchev–Trinajstić information content (AvgIpc) is 2.55. The normalized spacial score (nSPS) is 16.1. The van der Waals surface area contributed by atoms with Crippen LogP contribution in [0.5, 0.6) is 0 Å². The number of nitrogens with one attached hydrogen (secondary N) is 2. The number of carbonyl (C=O) groups excluding carboxylic acids is 1. The molecule has 2 rings (SSSR count). The zero-order valence-electron chi connectivity index (χ0n) is 8.75. The molecule has 1 aliphatic heterocycles. The lowest BCUT2D eigenvalue weighted by atomic mass is 9.99. The van der Waals surface area contributed by atoms with E-state index < -0.39 is 0 Å². The molecule has 0 unspecified atom stereocenters. The topological polar surface area (TPSA) is 67.2 Å². The van der Waals surface area contributed by atoms with Gasteiger partial charge in [-0.25, -0.2) is 4.98 Å². The van der Waals surface area contributed by atoms with Gasteiger partial charge in [0.2, 0.25) is 11.8 Å². The van der Waals surface area contributed by atoms with Crippen molar-refractivity contribution in [2.75, 3.05) is 13.1 Å². The molecule has 1 aliphatic rings. The second-order valence-electron chi connectivity index (χ2n) is 3.87. The summed E-state index contributed by atoms with van der Waals surface area (Å²) >= 11 is 0. The van der Waals surface area contributed by atoms with Gasteiger partial charge in [-0.2, -0.15) is 0 Å². The first kappa shape index (κ1) is 10.2. The van der Waals surface area contributed by atoms with E-state index in [2.05, 4.69) is 15.6 Å². The second-order valence-corrected chi connectivity index (χ2v) is 3.87. The Kier molecular flexibility index (Phi) is 3.01. The van der Waals surface area contributed by atoms with Gasteiger partial charge < -0.3 is 15.1 Å². The Morgan fingerprint density at radius 2 is 2.53 bits per heavy atom. The quantitative estimate of drug-likeness (QED) is 0.743. The summed E-state index contributed by atoms with van der Waals surface area (Å²) in [6.07, 6.45) is 2.24. The summed E-state index contributed by atoms with van der Waals surface area (Å²) in [4.78, 5) is 15.4. The fourth-order valence-corrected chi connectivity index (χ4v) is 1.48. The average molecular weight is 209 g/mol. The molecular formula is C10H15N3O2. The molecule has 0 bridgehead atoms. The molecule has 1 aromatic rings. The summed E-state index contributed by atoms with van der Waals surface area (Å²) < 4.78 is 5.24. The van der Waals surface area contributed by atoms with Crippen LogP contribution in [0.3, 0.4) is 0 Å². The number of carbonyl (C=O) groups is 1. The van der Waals surface area contributed by atoms with E-state index in [1.54, 1.807) is 6.20 Å². The summed E-state index contributed by atoms with van der Waals surface area (Å²) in [5, 5.41) is 5.92. The molecule has 1 saturated heterocycles. The maximum absolute atomic E-state index is 11.4. The van der Waals surface area contributed by atoms with Crippen LogP contribution in [0.25, 0.3) is 0 Å². The lowest BCUT2D eigenvalue weighted by molar-refractivity contribution is -0.122. The molecule has 1 aromatic heterocycles. The predicted octanol–water partition coefficient (Wildman–Crippen LogP) is 0.209. The minimum Gasteiger partial charge on any atom is -0.444 e. The number of amides is 1. The number of rotatable bonds is 4. The Bertz CT molecular complexity index is 344. The maximum Gasteiger partial charge on any atom is 0.220 e. The van der Waals surface area contributed by atoms with E-state index in [0.717, 1.165) is 18.8 Å². The summed E-state index contributed by atoms with van der Waals surface area (Å²) in [5.74, 6) is 1.89. The van der Waals surface area contributed by atoms with Gasteiger partial charge in [-0.15, -0.1) is 0 Å². The molecule has 1 fully saturated rings. The van der Waals surface area contributed by atoms with Crippen LogP contribution in [-0.4, -0.2) is 24.0 Å². The number of aromatic nitrogens is 1. The van der Waals surface area contributed by atoms with Gasteiger partial charge in [-0.3, -0.25) is 4.79 Å². The van der Waals surface area contributed by atoms with Crippen LogP contribution in [0.2, 0.25) is 0 Å². The molecule has 0 aliphatic carbocycles. The molecule has 0 atom stereocenters. The van der Waals surface area contributed by atoms with Crippen molar-refractivity contribution in [1.82, 2.24) is 15.6 Å². The third-order valence-corrected chi connectivity index (χ3v) is 2.45. The summed E-state index contributed by atoms with van der Waals surface area (Å²) in [6.45, 7) is 4.11. The molecule has 5 nitrogen and oxygen atoms in total. The lowest BCUT2D eigenvalue weighted by Gasteiger charge is -2.26. The Morgan fingerprint density at radius 1 is 1.73 bits per heavy atom. The van der Waals surface area contributed by atoms with Gasteiger partial charge in [0.05, 0.1) is 12.7 Å². The number of oxazole rings is 1. The summed E-state index contributed by atoms with van der Waals surface area (Å²) in [6, 6.07) is 0. The van der Waals surface area contributed by atoms with E-state index in [1.807, 2.05) is 6.92 Å². The van der Waals surface area contributed by atoms with Gasteiger partial charge in [0, 0.05) is 6.42 Å². The third-order valence-electron chi connectivity index (χ3n) is 2.45. The smallest absolute Gasteiger partial charge is 0.220 e. The van der Waals surface area contributed by atoms with E-state index in [0.29, 0.717) is 24.8 Å². The summed E-state index contributed by atoms with van der Waals surface area (Å²) in [5.41, 5.74) is 0. The highest BCUT2D eigenvalue weighted by atomic mass is 16.4. The number of hydrogen-bond acceptors (Lipinski definition) is 4. The third kappa shape index (κ3) is 2.79. The molecule has 0 radical (unpaired) electrons. The first-order valence-corrected chi connectivity index (χ1v) is 5.13. The van der Waals surface area contributed by atoms with Crippen molar-refractivity contribution in [2.24, 2.45) is 5.92 Å². The van der Waals surface area contributed by atoms with Gasteiger partial charge in [0.25, 0.3) is 0 Å². The van der Waals surface area contributed by atoms with Gasteiger partial charge >= 0.3 is 0 Å². The Balaban J connectivity index is 1.70.